The molecule has 1 fully saturated rings. The lowest BCUT2D eigenvalue weighted by molar-refractivity contribution is -0.133. The van der Waals surface area contributed by atoms with Crippen LogP contribution < -0.4 is 4.90 Å². The number of hydrogen-bond donors (Lipinski definition) is 0. The Morgan fingerprint density at radius 3 is 2.75 bits per heavy atom. The van der Waals surface area contributed by atoms with E-state index in [4.69, 9.17) is 0 Å². The molecule has 0 saturated carbocycles. The molecule has 1 saturated heterocycles. The van der Waals surface area contributed by atoms with E-state index in [0.29, 0.717) is 19.0 Å². The first-order valence-electron chi connectivity index (χ1n) is 8.17. The Bertz CT molecular complexity index is 793. The van der Waals surface area contributed by atoms with Crippen molar-refractivity contribution in [3.63, 3.8) is 0 Å². The molecule has 1 aliphatic rings. The quantitative estimate of drug-likeness (QED) is 0.816. The Morgan fingerprint density at radius 1 is 1.21 bits per heavy atom. The van der Waals surface area contributed by atoms with Gasteiger partial charge in [0.1, 0.15) is 6.54 Å². The van der Waals surface area contributed by atoms with Crippen LogP contribution in [-0.4, -0.2) is 41.3 Å². The lowest BCUT2D eigenvalue weighted by atomic mass is 10.1. The van der Waals surface area contributed by atoms with Crippen LogP contribution in [0.3, 0.4) is 0 Å². The number of allylic oxidation sites excluding steroid dienone is 1. The Hall–Kier alpha value is -2.69. The van der Waals surface area contributed by atoms with E-state index in [0.717, 1.165) is 16.6 Å². The number of amides is 2. The van der Waals surface area contributed by atoms with Gasteiger partial charge in [0.05, 0.1) is 11.2 Å². The third-order valence-corrected chi connectivity index (χ3v) is 4.07. The largest absolute Gasteiger partial charge is 0.328 e. The molecular weight excluding hydrogens is 302 g/mol. The maximum atomic E-state index is 12.6. The zero-order valence-electron chi connectivity index (χ0n) is 14.0. The molecule has 2 aromatic rings. The van der Waals surface area contributed by atoms with E-state index in [1.807, 2.05) is 50.3 Å². The average molecular weight is 323 g/mol. The van der Waals surface area contributed by atoms with Crippen LogP contribution in [0.25, 0.3) is 10.9 Å². The molecule has 0 N–H and O–H groups in total. The van der Waals surface area contributed by atoms with Crippen LogP contribution in [0.5, 0.6) is 0 Å². The second kappa shape index (κ2) is 6.83. The monoisotopic (exact) mass is 323 g/mol. The van der Waals surface area contributed by atoms with Gasteiger partial charge < -0.3 is 9.80 Å². The summed E-state index contributed by atoms with van der Waals surface area (Å²) in [4.78, 5) is 32.4. The second-order valence-corrected chi connectivity index (χ2v) is 6.26. The van der Waals surface area contributed by atoms with E-state index in [9.17, 15) is 9.59 Å². The van der Waals surface area contributed by atoms with Crippen molar-refractivity contribution in [1.29, 1.82) is 0 Å². The van der Waals surface area contributed by atoms with Gasteiger partial charge in [-0.2, -0.15) is 0 Å². The normalized spacial score (nSPS) is 15.7. The summed E-state index contributed by atoms with van der Waals surface area (Å²) >= 11 is 0. The zero-order chi connectivity index (χ0) is 17.1. The first kappa shape index (κ1) is 16.2. The minimum Gasteiger partial charge on any atom is -0.328 e. The molecule has 0 aliphatic carbocycles. The van der Waals surface area contributed by atoms with Gasteiger partial charge in [-0.3, -0.25) is 14.6 Å². The maximum Gasteiger partial charge on any atom is 0.246 e. The van der Waals surface area contributed by atoms with E-state index in [-0.39, 0.29) is 18.4 Å². The number of benzene rings is 1. The molecule has 0 unspecified atom stereocenters. The van der Waals surface area contributed by atoms with Crippen molar-refractivity contribution in [2.24, 2.45) is 5.92 Å². The number of aromatic nitrogens is 1. The van der Waals surface area contributed by atoms with Crippen molar-refractivity contribution in [2.45, 2.75) is 13.8 Å². The lowest BCUT2D eigenvalue weighted by Crippen LogP contribution is -2.52. The predicted molar refractivity (Wildman–Crippen MR) is 94.7 cm³/mol. The molecule has 2 amide bonds. The van der Waals surface area contributed by atoms with E-state index >= 15 is 0 Å². The number of carbonyl (C=O) groups is 2. The van der Waals surface area contributed by atoms with Crippen molar-refractivity contribution in [3.05, 3.63) is 48.7 Å². The number of anilines is 1. The van der Waals surface area contributed by atoms with Crippen LogP contribution in [0, 0.1) is 5.92 Å². The van der Waals surface area contributed by atoms with Crippen LogP contribution in [0.4, 0.5) is 5.69 Å². The topological polar surface area (TPSA) is 53.5 Å². The summed E-state index contributed by atoms with van der Waals surface area (Å²) in [6.45, 7) is 5.17. The van der Waals surface area contributed by atoms with Crippen LogP contribution in [0.1, 0.15) is 13.8 Å². The van der Waals surface area contributed by atoms with Crippen molar-refractivity contribution in [2.75, 3.05) is 24.5 Å². The summed E-state index contributed by atoms with van der Waals surface area (Å²) < 4.78 is 0. The molecule has 3 rings (SSSR count). The number of pyridine rings is 1. The number of fused-ring (bicyclic) bond motifs is 1. The molecule has 1 aromatic heterocycles. The maximum absolute atomic E-state index is 12.6. The van der Waals surface area contributed by atoms with Crippen LogP contribution in [0.15, 0.2) is 48.7 Å². The number of hydrogen-bond acceptors (Lipinski definition) is 3. The Labute approximate surface area is 141 Å². The first-order valence-corrected chi connectivity index (χ1v) is 8.17. The standard InChI is InChI=1S/C19H21N3O2/c1-14(2)7-8-18(23)21-11-12-22(19(24)13-21)17-9-10-20-16-6-4-3-5-15(16)17/h3-10,14H,11-13H2,1-2H3/b8-7+. The van der Waals surface area contributed by atoms with Gasteiger partial charge >= 0.3 is 0 Å². The first-order chi connectivity index (χ1) is 11.6. The molecule has 5 heteroatoms. The van der Waals surface area contributed by atoms with Crippen molar-refractivity contribution >= 4 is 28.4 Å². The summed E-state index contributed by atoms with van der Waals surface area (Å²) in [6, 6.07) is 9.62. The molecule has 1 aromatic carbocycles. The van der Waals surface area contributed by atoms with E-state index < -0.39 is 0 Å². The minimum absolute atomic E-state index is 0.0658. The third-order valence-electron chi connectivity index (χ3n) is 4.07. The fourth-order valence-corrected chi connectivity index (χ4v) is 2.81. The highest BCUT2D eigenvalue weighted by molar-refractivity contribution is 6.05. The molecule has 124 valence electrons. The molecule has 0 bridgehead atoms. The number of piperazine rings is 1. The predicted octanol–water partition coefficient (Wildman–Crippen LogP) is 2.62. The molecule has 5 nitrogen and oxygen atoms in total. The van der Waals surface area contributed by atoms with Crippen molar-refractivity contribution in [3.8, 4) is 0 Å². The van der Waals surface area contributed by atoms with Gasteiger partial charge in [-0.15, -0.1) is 0 Å². The fraction of sp³-hybridized carbons (Fsp3) is 0.316. The van der Waals surface area contributed by atoms with Crippen molar-refractivity contribution < 1.29 is 9.59 Å². The van der Waals surface area contributed by atoms with Crippen LogP contribution in [0.2, 0.25) is 0 Å². The van der Waals surface area contributed by atoms with Crippen molar-refractivity contribution in [1.82, 2.24) is 9.88 Å². The summed E-state index contributed by atoms with van der Waals surface area (Å²) in [5.41, 5.74) is 1.72. The summed E-state index contributed by atoms with van der Waals surface area (Å²) in [5.74, 6) is 0.148. The smallest absolute Gasteiger partial charge is 0.246 e. The van der Waals surface area contributed by atoms with Gasteiger partial charge in [0.2, 0.25) is 11.8 Å². The van der Waals surface area contributed by atoms with Gasteiger partial charge in [0, 0.05) is 24.7 Å². The Morgan fingerprint density at radius 2 is 2.00 bits per heavy atom. The zero-order valence-corrected chi connectivity index (χ0v) is 14.0. The van der Waals surface area contributed by atoms with Gasteiger partial charge in [0.25, 0.3) is 0 Å². The second-order valence-electron chi connectivity index (χ2n) is 6.26. The number of para-hydroxylation sites is 1. The van der Waals surface area contributed by atoms with Crippen LogP contribution in [-0.2, 0) is 9.59 Å². The highest BCUT2D eigenvalue weighted by Crippen LogP contribution is 2.26. The number of nitrogens with zero attached hydrogens (tertiary/aromatic N) is 3. The highest BCUT2D eigenvalue weighted by atomic mass is 16.2. The summed E-state index contributed by atoms with van der Waals surface area (Å²) in [5, 5.41) is 0.952. The van der Waals surface area contributed by atoms with Gasteiger partial charge in [-0.05, 0) is 24.1 Å². The van der Waals surface area contributed by atoms with Gasteiger partial charge in [-0.25, -0.2) is 0 Å². The average Bonchev–Trinajstić information content (AvgIpc) is 2.59. The van der Waals surface area contributed by atoms with E-state index in [1.165, 1.54) is 0 Å². The molecule has 1 aliphatic heterocycles. The third kappa shape index (κ3) is 3.30. The number of rotatable bonds is 3. The molecular formula is C19H21N3O2. The Kier molecular flexibility index (Phi) is 4.60. The molecule has 24 heavy (non-hydrogen) atoms. The summed E-state index contributed by atoms with van der Waals surface area (Å²) in [6.07, 6.45) is 5.14. The SMILES string of the molecule is CC(C)/C=C/C(=O)N1CCN(c2ccnc3ccccc23)C(=O)C1. The Balaban J connectivity index is 1.79. The van der Waals surface area contributed by atoms with Gasteiger partial charge in [-0.1, -0.05) is 38.1 Å². The fourth-order valence-electron chi connectivity index (χ4n) is 2.81. The van der Waals surface area contributed by atoms with Gasteiger partial charge in [0.15, 0.2) is 0 Å². The highest BCUT2D eigenvalue weighted by Gasteiger charge is 2.28. The van der Waals surface area contributed by atoms with E-state index in [2.05, 4.69) is 4.98 Å². The minimum atomic E-state index is -0.101. The summed E-state index contributed by atoms with van der Waals surface area (Å²) in [7, 11) is 0. The molecule has 0 spiro atoms. The van der Waals surface area contributed by atoms with E-state index in [1.54, 1.807) is 22.1 Å². The molecule has 2 heterocycles. The molecule has 0 radical (unpaired) electrons. The number of carbonyl (C=O) groups excluding carboxylic acids is 2. The lowest BCUT2D eigenvalue weighted by Gasteiger charge is -2.34. The van der Waals surface area contributed by atoms with Crippen LogP contribution >= 0.6 is 0 Å². The molecule has 0 atom stereocenters.